The molecule has 0 unspecified atom stereocenters. The van der Waals surface area contributed by atoms with Gasteiger partial charge in [-0.1, -0.05) is 6.92 Å². The Bertz CT molecular complexity index is 532. The van der Waals surface area contributed by atoms with Crippen LogP contribution in [0.15, 0.2) is 29.2 Å². The zero-order chi connectivity index (χ0) is 15.3. The monoisotopic (exact) mass is 310 g/mol. The van der Waals surface area contributed by atoms with Crippen molar-refractivity contribution >= 4 is 15.5 Å². The average molecular weight is 310 g/mol. The fourth-order valence-electron chi connectivity index (χ4n) is 2.70. The van der Waals surface area contributed by atoms with Gasteiger partial charge in [-0.25, -0.2) is 8.42 Å². The summed E-state index contributed by atoms with van der Waals surface area (Å²) >= 11 is 0. The van der Waals surface area contributed by atoms with Crippen molar-refractivity contribution in [3.8, 4) is 0 Å². The summed E-state index contributed by atoms with van der Waals surface area (Å²) in [6, 6.07) is 7.17. The lowest BCUT2D eigenvalue weighted by molar-refractivity contribution is 0.226. The highest BCUT2D eigenvalue weighted by Gasteiger charge is 2.16. The van der Waals surface area contributed by atoms with E-state index in [0.29, 0.717) is 17.2 Å². The zero-order valence-corrected chi connectivity index (χ0v) is 13.8. The quantitative estimate of drug-likeness (QED) is 0.877. The first-order valence-corrected chi connectivity index (χ1v) is 9.41. The molecule has 5 heteroatoms. The van der Waals surface area contributed by atoms with Crippen molar-refractivity contribution in [2.75, 3.05) is 37.8 Å². The van der Waals surface area contributed by atoms with Crippen LogP contribution in [0.2, 0.25) is 0 Å². The predicted molar refractivity (Wildman–Crippen MR) is 87.5 cm³/mol. The van der Waals surface area contributed by atoms with Gasteiger partial charge in [-0.05, 0) is 69.6 Å². The Balaban J connectivity index is 1.88. The third-order valence-electron chi connectivity index (χ3n) is 4.12. The average Bonchev–Trinajstić information content (AvgIpc) is 2.47. The first kappa shape index (κ1) is 16.3. The summed E-state index contributed by atoms with van der Waals surface area (Å²) < 4.78 is 23.9. The van der Waals surface area contributed by atoms with Crippen LogP contribution in [0.1, 0.15) is 26.2 Å². The van der Waals surface area contributed by atoms with Crippen LogP contribution in [0.3, 0.4) is 0 Å². The highest BCUT2D eigenvalue weighted by atomic mass is 32.2. The third-order valence-corrected chi connectivity index (χ3v) is 6.06. The summed E-state index contributed by atoms with van der Waals surface area (Å²) in [6.07, 6.45) is 3.11. The van der Waals surface area contributed by atoms with Crippen molar-refractivity contribution in [3.63, 3.8) is 0 Å². The zero-order valence-electron chi connectivity index (χ0n) is 13.0. The molecule has 1 heterocycles. The van der Waals surface area contributed by atoms with Crippen LogP contribution in [0.4, 0.5) is 5.69 Å². The second-order valence-electron chi connectivity index (χ2n) is 5.97. The molecule has 0 aromatic heterocycles. The van der Waals surface area contributed by atoms with Crippen LogP contribution in [0.25, 0.3) is 0 Å². The Labute approximate surface area is 128 Å². The molecular weight excluding hydrogens is 284 g/mol. The van der Waals surface area contributed by atoms with Crippen molar-refractivity contribution < 1.29 is 8.42 Å². The maximum absolute atomic E-state index is 12.0. The van der Waals surface area contributed by atoms with Crippen molar-refractivity contribution in [2.45, 2.75) is 31.1 Å². The lowest BCUT2D eigenvalue weighted by atomic mass is 9.97. The summed E-state index contributed by atoms with van der Waals surface area (Å²) in [7, 11) is -0.936. The summed E-state index contributed by atoms with van der Waals surface area (Å²) in [6.45, 7) is 5.19. The molecule has 0 saturated carbocycles. The lowest BCUT2D eigenvalue weighted by Gasteiger charge is -2.29. The second-order valence-corrected chi connectivity index (χ2v) is 8.08. The molecule has 0 spiro atoms. The summed E-state index contributed by atoms with van der Waals surface area (Å²) in [5.74, 6) is 0.930. The smallest absolute Gasteiger partial charge is 0.178 e. The van der Waals surface area contributed by atoms with Gasteiger partial charge in [-0.2, -0.15) is 0 Å². The number of benzene rings is 1. The molecule has 0 atom stereocenters. The Morgan fingerprint density at radius 2 is 1.81 bits per heavy atom. The van der Waals surface area contributed by atoms with Gasteiger partial charge in [0.25, 0.3) is 0 Å². The molecule has 1 aromatic carbocycles. The molecule has 1 aliphatic rings. The molecule has 1 N–H and O–H groups in total. The van der Waals surface area contributed by atoms with Gasteiger partial charge in [0.1, 0.15) is 0 Å². The topological polar surface area (TPSA) is 49.4 Å². The molecule has 1 aliphatic heterocycles. The van der Waals surface area contributed by atoms with Gasteiger partial charge in [-0.3, -0.25) is 0 Å². The molecule has 0 bridgehead atoms. The summed E-state index contributed by atoms with van der Waals surface area (Å²) in [4.78, 5) is 2.79. The Morgan fingerprint density at radius 1 is 1.19 bits per heavy atom. The van der Waals surface area contributed by atoms with Gasteiger partial charge in [0.15, 0.2) is 9.84 Å². The van der Waals surface area contributed by atoms with Crippen LogP contribution < -0.4 is 5.32 Å². The van der Waals surface area contributed by atoms with Crippen LogP contribution in [-0.4, -0.2) is 45.8 Å². The molecule has 1 fully saturated rings. The Kier molecular flexibility index (Phi) is 5.65. The molecule has 4 nitrogen and oxygen atoms in total. The number of hydrogen-bond acceptors (Lipinski definition) is 4. The van der Waals surface area contributed by atoms with Crippen LogP contribution >= 0.6 is 0 Å². The number of likely N-dealkylation sites (tertiary alicyclic amines) is 1. The van der Waals surface area contributed by atoms with E-state index in [-0.39, 0.29) is 5.75 Å². The highest BCUT2D eigenvalue weighted by molar-refractivity contribution is 7.91. The molecule has 0 amide bonds. The molecule has 0 radical (unpaired) electrons. The molecule has 21 heavy (non-hydrogen) atoms. The molecular formula is C16H26N2O2S. The number of anilines is 1. The predicted octanol–water partition coefficient (Wildman–Crippen LogP) is 2.62. The van der Waals surface area contributed by atoms with E-state index in [2.05, 4.69) is 17.3 Å². The van der Waals surface area contributed by atoms with Gasteiger partial charge < -0.3 is 10.2 Å². The normalized spacial score (nSPS) is 17.8. The fraction of sp³-hybridized carbons (Fsp3) is 0.625. The minimum Gasteiger partial charge on any atom is -0.385 e. The van der Waals surface area contributed by atoms with Gasteiger partial charge in [0.05, 0.1) is 10.6 Å². The summed E-state index contributed by atoms with van der Waals surface area (Å²) in [5, 5.41) is 3.43. The SMILES string of the molecule is CCCS(=O)(=O)c1ccc(NCC2CCN(C)CC2)cc1. The van der Waals surface area contributed by atoms with Gasteiger partial charge in [-0.15, -0.1) is 0 Å². The third kappa shape index (κ3) is 4.71. The first-order valence-electron chi connectivity index (χ1n) is 7.76. The van der Waals surface area contributed by atoms with E-state index in [1.165, 1.54) is 25.9 Å². The van der Waals surface area contributed by atoms with E-state index in [9.17, 15) is 8.42 Å². The minimum atomic E-state index is -3.10. The van der Waals surface area contributed by atoms with Crippen LogP contribution in [-0.2, 0) is 9.84 Å². The highest BCUT2D eigenvalue weighted by Crippen LogP contribution is 2.19. The second kappa shape index (κ2) is 7.27. The van der Waals surface area contributed by atoms with E-state index < -0.39 is 9.84 Å². The van der Waals surface area contributed by atoms with Crippen LogP contribution in [0.5, 0.6) is 0 Å². The van der Waals surface area contributed by atoms with Gasteiger partial charge in [0, 0.05) is 12.2 Å². The van der Waals surface area contributed by atoms with E-state index in [1.54, 1.807) is 12.1 Å². The molecule has 1 saturated heterocycles. The maximum atomic E-state index is 12.0. The Hall–Kier alpha value is -1.07. The molecule has 0 aliphatic carbocycles. The van der Waals surface area contributed by atoms with Crippen molar-refractivity contribution in [1.82, 2.24) is 4.90 Å². The first-order chi connectivity index (χ1) is 10.0. The largest absolute Gasteiger partial charge is 0.385 e. The number of rotatable bonds is 6. The number of hydrogen-bond donors (Lipinski definition) is 1. The van der Waals surface area contributed by atoms with E-state index in [4.69, 9.17) is 0 Å². The van der Waals surface area contributed by atoms with Crippen molar-refractivity contribution in [2.24, 2.45) is 5.92 Å². The molecule has 2 rings (SSSR count). The van der Waals surface area contributed by atoms with E-state index >= 15 is 0 Å². The number of piperidine rings is 1. The summed E-state index contributed by atoms with van der Waals surface area (Å²) in [5.41, 5.74) is 1.00. The van der Waals surface area contributed by atoms with Crippen molar-refractivity contribution in [3.05, 3.63) is 24.3 Å². The standard InChI is InChI=1S/C16H26N2O2S/c1-3-12-21(19,20)16-6-4-15(5-7-16)17-13-14-8-10-18(2)11-9-14/h4-7,14,17H,3,8-13H2,1-2H3. The van der Waals surface area contributed by atoms with Gasteiger partial charge in [0.2, 0.25) is 0 Å². The minimum absolute atomic E-state index is 0.218. The lowest BCUT2D eigenvalue weighted by Crippen LogP contribution is -2.32. The van der Waals surface area contributed by atoms with E-state index in [1.807, 2.05) is 19.1 Å². The molecule has 118 valence electrons. The number of sulfone groups is 1. The molecule has 1 aromatic rings. The maximum Gasteiger partial charge on any atom is 0.178 e. The number of nitrogens with one attached hydrogen (secondary N) is 1. The van der Waals surface area contributed by atoms with Crippen molar-refractivity contribution in [1.29, 1.82) is 0 Å². The van der Waals surface area contributed by atoms with Gasteiger partial charge >= 0.3 is 0 Å². The number of nitrogens with zero attached hydrogens (tertiary/aromatic N) is 1. The van der Waals surface area contributed by atoms with E-state index in [0.717, 1.165) is 12.2 Å². The fourth-order valence-corrected chi connectivity index (χ4v) is 4.02. The van der Waals surface area contributed by atoms with Crippen LogP contribution in [0, 0.1) is 5.92 Å². The Morgan fingerprint density at radius 3 is 2.38 bits per heavy atom.